The van der Waals surface area contributed by atoms with Crippen molar-refractivity contribution in [2.75, 3.05) is 26.7 Å². The Hall–Kier alpha value is -1.59. The third kappa shape index (κ3) is 6.21. The first-order valence-corrected chi connectivity index (χ1v) is 11.1. The standard InChI is InChI=1S/C23H39N5/c1-5-24-23(25-16-19(3)27(4)22-11-12-22)26-21-13-14-28(18(2)15-21)17-20-9-7-6-8-10-20/h6-10,18-19,21-22H,5,11-17H2,1-4H3,(H2,24,25,26). The van der Waals surface area contributed by atoms with Gasteiger partial charge in [0.15, 0.2) is 5.96 Å². The van der Waals surface area contributed by atoms with E-state index in [1.807, 2.05) is 0 Å². The van der Waals surface area contributed by atoms with E-state index in [2.05, 4.69) is 78.6 Å². The molecular formula is C23H39N5. The van der Waals surface area contributed by atoms with Crippen LogP contribution in [0, 0.1) is 0 Å². The lowest BCUT2D eigenvalue weighted by molar-refractivity contribution is 0.134. The molecule has 0 aromatic heterocycles. The first-order valence-electron chi connectivity index (χ1n) is 11.1. The highest BCUT2D eigenvalue weighted by Gasteiger charge is 2.29. The maximum atomic E-state index is 4.89. The molecule has 1 aliphatic carbocycles. The van der Waals surface area contributed by atoms with Crippen molar-refractivity contribution in [3.8, 4) is 0 Å². The van der Waals surface area contributed by atoms with E-state index < -0.39 is 0 Å². The average molecular weight is 386 g/mol. The monoisotopic (exact) mass is 385 g/mol. The summed E-state index contributed by atoms with van der Waals surface area (Å²) in [7, 11) is 2.24. The largest absolute Gasteiger partial charge is 0.357 e. The fourth-order valence-corrected chi connectivity index (χ4v) is 4.11. The predicted octanol–water partition coefficient (Wildman–Crippen LogP) is 3.08. The number of aliphatic imine (C=N–C) groups is 1. The van der Waals surface area contributed by atoms with Crippen LogP contribution in [-0.4, -0.2) is 66.6 Å². The van der Waals surface area contributed by atoms with Crippen LogP contribution in [0.25, 0.3) is 0 Å². The van der Waals surface area contributed by atoms with E-state index in [1.165, 1.54) is 24.8 Å². The number of likely N-dealkylation sites (N-methyl/N-ethyl adjacent to an activating group) is 1. The first-order chi connectivity index (χ1) is 13.6. The van der Waals surface area contributed by atoms with Crippen molar-refractivity contribution in [1.82, 2.24) is 20.4 Å². The molecule has 1 aliphatic heterocycles. The molecule has 156 valence electrons. The maximum absolute atomic E-state index is 4.89. The summed E-state index contributed by atoms with van der Waals surface area (Å²) < 4.78 is 0. The van der Waals surface area contributed by atoms with Crippen LogP contribution >= 0.6 is 0 Å². The maximum Gasteiger partial charge on any atom is 0.191 e. The molecule has 5 nitrogen and oxygen atoms in total. The van der Waals surface area contributed by atoms with Gasteiger partial charge in [-0.25, -0.2) is 0 Å². The molecule has 0 spiro atoms. The van der Waals surface area contributed by atoms with E-state index in [4.69, 9.17) is 4.99 Å². The van der Waals surface area contributed by atoms with Gasteiger partial charge in [-0.1, -0.05) is 30.3 Å². The van der Waals surface area contributed by atoms with Crippen LogP contribution in [0.3, 0.4) is 0 Å². The van der Waals surface area contributed by atoms with Gasteiger partial charge in [0.1, 0.15) is 0 Å². The fourth-order valence-electron chi connectivity index (χ4n) is 4.11. The van der Waals surface area contributed by atoms with Crippen molar-refractivity contribution in [2.24, 2.45) is 4.99 Å². The van der Waals surface area contributed by atoms with Crippen molar-refractivity contribution in [2.45, 2.75) is 77.2 Å². The number of likely N-dealkylation sites (tertiary alicyclic amines) is 1. The first kappa shape index (κ1) is 21.1. The van der Waals surface area contributed by atoms with Crippen LogP contribution in [0.15, 0.2) is 35.3 Å². The van der Waals surface area contributed by atoms with E-state index in [9.17, 15) is 0 Å². The number of rotatable bonds is 8. The second kappa shape index (κ2) is 10.3. The quantitative estimate of drug-likeness (QED) is 0.533. The highest BCUT2D eigenvalue weighted by atomic mass is 15.2. The number of benzene rings is 1. The van der Waals surface area contributed by atoms with Crippen molar-refractivity contribution < 1.29 is 0 Å². The van der Waals surface area contributed by atoms with Gasteiger partial charge in [0.25, 0.3) is 0 Å². The summed E-state index contributed by atoms with van der Waals surface area (Å²) in [5.41, 5.74) is 1.41. The van der Waals surface area contributed by atoms with E-state index >= 15 is 0 Å². The highest BCUT2D eigenvalue weighted by Crippen LogP contribution is 2.27. The van der Waals surface area contributed by atoms with Crippen molar-refractivity contribution in [1.29, 1.82) is 0 Å². The summed E-state index contributed by atoms with van der Waals surface area (Å²) in [4.78, 5) is 9.97. The van der Waals surface area contributed by atoms with Gasteiger partial charge in [0, 0.05) is 43.8 Å². The molecule has 2 fully saturated rings. The zero-order valence-corrected chi connectivity index (χ0v) is 18.2. The molecule has 1 aromatic carbocycles. The molecule has 3 unspecified atom stereocenters. The summed E-state index contributed by atoms with van der Waals surface area (Å²) in [6, 6.07) is 13.2. The minimum Gasteiger partial charge on any atom is -0.357 e. The molecule has 1 heterocycles. The van der Waals surface area contributed by atoms with Crippen LogP contribution in [0.4, 0.5) is 0 Å². The summed E-state index contributed by atoms with van der Waals surface area (Å²) in [6.45, 7) is 10.7. The SMILES string of the molecule is CCNC(=NCC(C)N(C)C1CC1)NC1CCN(Cc2ccccc2)C(C)C1. The molecule has 3 atom stereocenters. The normalized spacial score (nSPS) is 25.0. The molecule has 1 saturated carbocycles. The number of nitrogens with one attached hydrogen (secondary N) is 2. The Kier molecular flexibility index (Phi) is 7.74. The topological polar surface area (TPSA) is 42.9 Å². The Morgan fingerprint density at radius 1 is 1.25 bits per heavy atom. The number of hydrogen-bond donors (Lipinski definition) is 2. The molecule has 1 saturated heterocycles. The fraction of sp³-hybridized carbons (Fsp3) is 0.696. The van der Waals surface area contributed by atoms with Crippen molar-refractivity contribution in [3.05, 3.63) is 35.9 Å². The second-order valence-corrected chi connectivity index (χ2v) is 8.64. The van der Waals surface area contributed by atoms with Gasteiger partial charge in [0.05, 0.1) is 6.54 Å². The summed E-state index contributed by atoms with van der Waals surface area (Å²) in [5, 5.41) is 7.15. The molecule has 1 aromatic rings. The van der Waals surface area contributed by atoms with Gasteiger partial charge < -0.3 is 10.6 Å². The number of guanidine groups is 1. The lowest BCUT2D eigenvalue weighted by Gasteiger charge is -2.38. The average Bonchev–Trinajstić information content (AvgIpc) is 3.53. The number of piperidine rings is 1. The van der Waals surface area contributed by atoms with Crippen LogP contribution in [0.5, 0.6) is 0 Å². The third-order valence-electron chi connectivity index (χ3n) is 6.26. The Labute approximate surface area is 171 Å². The second-order valence-electron chi connectivity index (χ2n) is 8.64. The van der Waals surface area contributed by atoms with Gasteiger partial charge in [-0.05, 0) is 59.1 Å². The van der Waals surface area contributed by atoms with Gasteiger partial charge in [0.2, 0.25) is 0 Å². The molecule has 5 heteroatoms. The minimum atomic E-state index is 0.495. The summed E-state index contributed by atoms with van der Waals surface area (Å²) >= 11 is 0. The van der Waals surface area contributed by atoms with Gasteiger partial charge in [-0.3, -0.25) is 14.8 Å². The van der Waals surface area contributed by atoms with Crippen LogP contribution in [0.2, 0.25) is 0 Å². The van der Waals surface area contributed by atoms with E-state index in [1.54, 1.807) is 0 Å². The smallest absolute Gasteiger partial charge is 0.191 e. The number of nitrogens with zero attached hydrogens (tertiary/aromatic N) is 3. The van der Waals surface area contributed by atoms with Crippen LogP contribution in [-0.2, 0) is 6.54 Å². The Morgan fingerprint density at radius 3 is 2.64 bits per heavy atom. The van der Waals surface area contributed by atoms with Crippen LogP contribution < -0.4 is 10.6 Å². The molecule has 3 rings (SSSR count). The molecule has 2 N–H and O–H groups in total. The Morgan fingerprint density at radius 2 is 2.00 bits per heavy atom. The molecule has 2 aliphatic rings. The third-order valence-corrected chi connectivity index (χ3v) is 6.26. The van der Waals surface area contributed by atoms with Gasteiger partial charge >= 0.3 is 0 Å². The minimum absolute atomic E-state index is 0.495. The molecule has 0 bridgehead atoms. The number of hydrogen-bond acceptors (Lipinski definition) is 3. The summed E-state index contributed by atoms with van der Waals surface area (Å²) in [6.07, 6.45) is 5.03. The van der Waals surface area contributed by atoms with Gasteiger partial charge in [-0.15, -0.1) is 0 Å². The molecule has 28 heavy (non-hydrogen) atoms. The lowest BCUT2D eigenvalue weighted by atomic mass is 9.97. The highest BCUT2D eigenvalue weighted by molar-refractivity contribution is 5.80. The van der Waals surface area contributed by atoms with Gasteiger partial charge in [-0.2, -0.15) is 0 Å². The zero-order chi connectivity index (χ0) is 19.9. The van der Waals surface area contributed by atoms with Crippen molar-refractivity contribution in [3.63, 3.8) is 0 Å². The summed E-state index contributed by atoms with van der Waals surface area (Å²) in [5.74, 6) is 0.979. The van der Waals surface area contributed by atoms with E-state index in [0.717, 1.165) is 44.6 Å². The lowest BCUT2D eigenvalue weighted by Crippen LogP contribution is -2.51. The molecular weight excluding hydrogens is 346 g/mol. The van der Waals surface area contributed by atoms with Crippen LogP contribution in [0.1, 0.15) is 52.0 Å². The predicted molar refractivity (Wildman–Crippen MR) is 119 cm³/mol. The molecule has 0 amide bonds. The molecule has 0 radical (unpaired) electrons. The zero-order valence-electron chi connectivity index (χ0n) is 18.2. The van der Waals surface area contributed by atoms with E-state index in [0.29, 0.717) is 18.1 Å². The Balaban J connectivity index is 1.49. The van der Waals surface area contributed by atoms with Crippen molar-refractivity contribution >= 4 is 5.96 Å². The van der Waals surface area contributed by atoms with E-state index in [-0.39, 0.29) is 0 Å². The Bertz CT molecular complexity index is 613.